The number of primary amides is 1. The molecule has 3 N–H and O–H groups in total. The topological polar surface area (TPSA) is 81.9 Å². The SMILES string of the molecule is NC(=O)CN1CCC=C(CN2CCC[C@@H](NC(=O)N3CCCC3)C2)C1. The van der Waals surface area contributed by atoms with Crippen LogP contribution in [0, 0.1) is 0 Å². The van der Waals surface area contributed by atoms with E-state index in [0.29, 0.717) is 6.54 Å². The highest BCUT2D eigenvalue weighted by Gasteiger charge is 2.26. The number of hydrogen-bond acceptors (Lipinski definition) is 4. The Kier molecular flexibility index (Phi) is 6.31. The van der Waals surface area contributed by atoms with Crippen molar-refractivity contribution in [1.29, 1.82) is 0 Å². The number of urea groups is 1. The second-order valence-electron chi connectivity index (χ2n) is 7.55. The number of nitrogens with zero attached hydrogens (tertiary/aromatic N) is 3. The molecular weight excluding hydrogens is 318 g/mol. The van der Waals surface area contributed by atoms with Crippen LogP contribution in [-0.4, -0.2) is 85.0 Å². The van der Waals surface area contributed by atoms with Gasteiger partial charge in [0.1, 0.15) is 0 Å². The predicted molar refractivity (Wildman–Crippen MR) is 97.1 cm³/mol. The lowest BCUT2D eigenvalue weighted by molar-refractivity contribution is -0.119. The Morgan fingerprint density at radius 2 is 1.92 bits per heavy atom. The Labute approximate surface area is 150 Å². The molecule has 3 aliphatic rings. The van der Waals surface area contributed by atoms with E-state index in [1.165, 1.54) is 5.57 Å². The minimum atomic E-state index is -0.260. The number of hydrogen-bond donors (Lipinski definition) is 2. The first-order chi connectivity index (χ1) is 12.1. The summed E-state index contributed by atoms with van der Waals surface area (Å²) < 4.78 is 0. The van der Waals surface area contributed by atoms with E-state index in [1.54, 1.807) is 0 Å². The van der Waals surface area contributed by atoms with Gasteiger partial charge in [-0.15, -0.1) is 0 Å². The molecule has 2 fully saturated rings. The second kappa shape index (κ2) is 8.67. The van der Waals surface area contributed by atoms with Gasteiger partial charge in [-0.25, -0.2) is 4.79 Å². The lowest BCUT2D eigenvalue weighted by Gasteiger charge is -2.36. The minimum Gasteiger partial charge on any atom is -0.369 e. The first-order valence-corrected chi connectivity index (χ1v) is 9.56. The molecular formula is C18H31N5O2. The predicted octanol–water partition coefficient (Wildman–Crippen LogP) is 0.374. The Morgan fingerprint density at radius 1 is 1.12 bits per heavy atom. The Balaban J connectivity index is 1.45. The summed E-state index contributed by atoms with van der Waals surface area (Å²) in [7, 11) is 0. The molecule has 2 saturated heterocycles. The number of nitrogens with two attached hydrogens (primary N) is 1. The monoisotopic (exact) mass is 349 g/mol. The molecule has 3 heterocycles. The highest BCUT2D eigenvalue weighted by molar-refractivity contribution is 5.76. The maximum Gasteiger partial charge on any atom is 0.317 e. The highest BCUT2D eigenvalue weighted by atomic mass is 16.2. The molecule has 0 aromatic heterocycles. The van der Waals surface area contributed by atoms with Crippen LogP contribution in [0.15, 0.2) is 11.6 Å². The lowest BCUT2D eigenvalue weighted by atomic mass is 10.0. The van der Waals surface area contributed by atoms with E-state index < -0.39 is 0 Å². The van der Waals surface area contributed by atoms with Crippen LogP contribution >= 0.6 is 0 Å². The third-order valence-electron chi connectivity index (χ3n) is 5.34. The van der Waals surface area contributed by atoms with Gasteiger partial charge in [0, 0.05) is 45.3 Å². The summed E-state index contributed by atoms with van der Waals surface area (Å²) in [5.74, 6) is -0.260. The van der Waals surface area contributed by atoms with Crippen molar-refractivity contribution in [3.8, 4) is 0 Å². The Hall–Kier alpha value is -1.60. The van der Waals surface area contributed by atoms with E-state index in [4.69, 9.17) is 5.73 Å². The van der Waals surface area contributed by atoms with E-state index in [2.05, 4.69) is 21.2 Å². The van der Waals surface area contributed by atoms with Gasteiger partial charge in [0.2, 0.25) is 5.91 Å². The van der Waals surface area contributed by atoms with E-state index in [-0.39, 0.29) is 18.0 Å². The highest BCUT2D eigenvalue weighted by Crippen LogP contribution is 2.16. The van der Waals surface area contributed by atoms with Crippen LogP contribution in [0.1, 0.15) is 32.1 Å². The zero-order valence-electron chi connectivity index (χ0n) is 15.1. The largest absolute Gasteiger partial charge is 0.369 e. The molecule has 0 aromatic rings. The second-order valence-corrected chi connectivity index (χ2v) is 7.55. The van der Waals surface area contributed by atoms with Crippen LogP contribution in [0.25, 0.3) is 0 Å². The molecule has 0 spiro atoms. The third-order valence-corrected chi connectivity index (χ3v) is 5.34. The summed E-state index contributed by atoms with van der Waals surface area (Å²) in [6, 6.07) is 0.349. The molecule has 7 nitrogen and oxygen atoms in total. The molecule has 1 atom stereocenters. The Morgan fingerprint density at radius 3 is 2.68 bits per heavy atom. The fourth-order valence-corrected chi connectivity index (χ4v) is 4.14. The van der Waals surface area contributed by atoms with Gasteiger partial charge in [0.15, 0.2) is 0 Å². The maximum absolute atomic E-state index is 12.3. The average Bonchev–Trinajstić information content (AvgIpc) is 3.09. The third kappa shape index (κ3) is 5.44. The fourth-order valence-electron chi connectivity index (χ4n) is 4.14. The standard InChI is InChI=1S/C18H31N5O2/c19-17(24)14-22-7-3-5-15(12-22)11-21-8-4-6-16(13-21)20-18(25)23-9-1-2-10-23/h5,16H,1-4,6-14H2,(H2,19,24)(H,20,25)/t16-/m1/s1. The van der Waals surface area contributed by atoms with Crippen molar-refractivity contribution in [2.24, 2.45) is 5.73 Å². The molecule has 3 rings (SSSR count). The molecule has 3 amide bonds. The number of rotatable bonds is 5. The van der Waals surface area contributed by atoms with Gasteiger partial charge in [0.25, 0.3) is 0 Å². The number of carbonyl (C=O) groups is 2. The summed E-state index contributed by atoms with van der Waals surface area (Å²) in [5, 5.41) is 3.22. The number of likely N-dealkylation sites (tertiary alicyclic amines) is 2. The van der Waals surface area contributed by atoms with Gasteiger partial charge in [-0.3, -0.25) is 14.6 Å². The Bertz CT molecular complexity index is 516. The molecule has 7 heteroatoms. The molecule has 25 heavy (non-hydrogen) atoms. The number of carbonyl (C=O) groups excluding carboxylic acids is 2. The molecule has 0 aromatic carbocycles. The summed E-state index contributed by atoms with van der Waals surface area (Å²) >= 11 is 0. The van der Waals surface area contributed by atoms with E-state index in [1.807, 2.05) is 4.90 Å². The molecule has 0 aliphatic carbocycles. The zero-order valence-corrected chi connectivity index (χ0v) is 15.1. The normalized spacial score (nSPS) is 25.7. The first-order valence-electron chi connectivity index (χ1n) is 9.56. The summed E-state index contributed by atoms with van der Waals surface area (Å²) in [4.78, 5) is 29.9. The van der Waals surface area contributed by atoms with Crippen LogP contribution in [0.5, 0.6) is 0 Å². The molecule has 3 aliphatic heterocycles. The first kappa shape index (κ1) is 18.2. The lowest BCUT2D eigenvalue weighted by Crippen LogP contribution is -2.51. The van der Waals surface area contributed by atoms with Gasteiger partial charge in [0.05, 0.1) is 6.54 Å². The molecule has 0 saturated carbocycles. The van der Waals surface area contributed by atoms with Crippen molar-refractivity contribution in [1.82, 2.24) is 20.0 Å². The van der Waals surface area contributed by atoms with E-state index >= 15 is 0 Å². The van der Waals surface area contributed by atoms with Crippen LogP contribution in [0.3, 0.4) is 0 Å². The van der Waals surface area contributed by atoms with Gasteiger partial charge in [-0.05, 0) is 44.2 Å². The molecule has 140 valence electrons. The van der Waals surface area contributed by atoms with Gasteiger partial charge in [-0.2, -0.15) is 0 Å². The summed E-state index contributed by atoms with van der Waals surface area (Å²) in [5.41, 5.74) is 6.67. The van der Waals surface area contributed by atoms with Gasteiger partial charge < -0.3 is 16.0 Å². The number of piperidine rings is 1. The van der Waals surface area contributed by atoms with Crippen LogP contribution in [0.4, 0.5) is 4.79 Å². The molecule has 0 bridgehead atoms. The van der Waals surface area contributed by atoms with Crippen molar-refractivity contribution in [3.63, 3.8) is 0 Å². The number of nitrogens with one attached hydrogen (secondary N) is 1. The summed E-state index contributed by atoms with van der Waals surface area (Å²) in [6.45, 7) is 6.76. The van der Waals surface area contributed by atoms with Crippen molar-refractivity contribution >= 4 is 11.9 Å². The van der Waals surface area contributed by atoms with E-state index in [9.17, 15) is 9.59 Å². The van der Waals surface area contributed by atoms with Crippen molar-refractivity contribution in [3.05, 3.63) is 11.6 Å². The fraction of sp³-hybridized carbons (Fsp3) is 0.778. The summed E-state index contributed by atoms with van der Waals surface area (Å²) in [6.07, 6.45) is 7.70. The van der Waals surface area contributed by atoms with Crippen molar-refractivity contribution in [2.75, 3.05) is 52.4 Å². The van der Waals surface area contributed by atoms with E-state index in [0.717, 1.165) is 77.9 Å². The van der Waals surface area contributed by atoms with Crippen molar-refractivity contribution < 1.29 is 9.59 Å². The van der Waals surface area contributed by atoms with Crippen LogP contribution < -0.4 is 11.1 Å². The number of amides is 3. The average molecular weight is 349 g/mol. The van der Waals surface area contributed by atoms with Gasteiger partial charge >= 0.3 is 6.03 Å². The molecule has 0 radical (unpaired) electrons. The smallest absolute Gasteiger partial charge is 0.317 e. The van der Waals surface area contributed by atoms with Gasteiger partial charge in [-0.1, -0.05) is 6.08 Å². The van der Waals surface area contributed by atoms with Crippen molar-refractivity contribution in [2.45, 2.75) is 38.1 Å². The maximum atomic E-state index is 12.3. The molecule has 0 unspecified atom stereocenters. The zero-order chi connectivity index (χ0) is 17.6. The minimum absolute atomic E-state index is 0.105. The van der Waals surface area contributed by atoms with Crippen LogP contribution in [0.2, 0.25) is 0 Å². The quantitative estimate of drug-likeness (QED) is 0.703. The van der Waals surface area contributed by atoms with Crippen LogP contribution in [-0.2, 0) is 4.79 Å².